The maximum absolute atomic E-state index is 10.3. The first-order chi connectivity index (χ1) is 7.86. The van der Waals surface area contributed by atoms with Crippen LogP contribution in [0.2, 0.25) is 0 Å². The second kappa shape index (κ2) is 4.50. The highest BCUT2D eigenvalue weighted by molar-refractivity contribution is 4.91. The van der Waals surface area contributed by atoms with Crippen molar-refractivity contribution in [3.05, 3.63) is 0 Å². The smallest absolute Gasteiger partial charge is 0.171 e. The summed E-state index contributed by atoms with van der Waals surface area (Å²) in [6, 6.07) is 0. The first-order valence-electron chi connectivity index (χ1n) is 6.65. The van der Waals surface area contributed by atoms with Gasteiger partial charge in [0.25, 0.3) is 0 Å². The van der Waals surface area contributed by atoms with Crippen molar-refractivity contribution in [3.8, 4) is 0 Å². The van der Waals surface area contributed by atoms with E-state index in [1.165, 1.54) is 0 Å². The summed E-state index contributed by atoms with van der Waals surface area (Å²) in [7, 11) is 0. The van der Waals surface area contributed by atoms with Crippen LogP contribution in [0.3, 0.4) is 0 Å². The summed E-state index contributed by atoms with van der Waals surface area (Å²) in [4.78, 5) is 0. The molecule has 1 aliphatic carbocycles. The SMILES string of the molecule is CCCC1C(O)CC(C)(OC2CC2)OC1(C)O. The van der Waals surface area contributed by atoms with Crippen LogP contribution < -0.4 is 0 Å². The first-order valence-corrected chi connectivity index (χ1v) is 6.65. The zero-order chi connectivity index (χ0) is 12.7. The van der Waals surface area contributed by atoms with Gasteiger partial charge in [-0.1, -0.05) is 13.3 Å². The van der Waals surface area contributed by atoms with Gasteiger partial charge in [0.1, 0.15) is 0 Å². The van der Waals surface area contributed by atoms with Crippen molar-refractivity contribution in [1.82, 2.24) is 0 Å². The van der Waals surface area contributed by atoms with E-state index in [1.807, 2.05) is 13.8 Å². The summed E-state index contributed by atoms with van der Waals surface area (Å²) >= 11 is 0. The fourth-order valence-corrected chi connectivity index (χ4v) is 2.82. The molecule has 0 aromatic rings. The molecule has 1 saturated carbocycles. The molecular formula is C13H24O4. The van der Waals surface area contributed by atoms with E-state index in [0.717, 1.165) is 25.7 Å². The number of rotatable bonds is 4. The van der Waals surface area contributed by atoms with Gasteiger partial charge in [0.05, 0.1) is 12.2 Å². The minimum absolute atomic E-state index is 0.233. The van der Waals surface area contributed by atoms with Gasteiger partial charge in [0.2, 0.25) is 0 Å². The maximum Gasteiger partial charge on any atom is 0.171 e. The molecule has 0 amide bonds. The lowest BCUT2D eigenvalue weighted by molar-refractivity contribution is -0.393. The van der Waals surface area contributed by atoms with Gasteiger partial charge in [-0.05, 0) is 33.1 Å². The van der Waals surface area contributed by atoms with Crippen molar-refractivity contribution >= 4 is 0 Å². The Kier molecular flexibility index (Phi) is 3.51. The Bertz CT molecular complexity index is 275. The van der Waals surface area contributed by atoms with Crippen molar-refractivity contribution < 1.29 is 19.7 Å². The van der Waals surface area contributed by atoms with E-state index in [1.54, 1.807) is 6.92 Å². The first kappa shape index (κ1) is 13.3. The van der Waals surface area contributed by atoms with Crippen LogP contribution >= 0.6 is 0 Å². The predicted molar refractivity (Wildman–Crippen MR) is 63.2 cm³/mol. The molecule has 100 valence electrons. The average Bonchev–Trinajstić information content (AvgIpc) is 2.93. The summed E-state index contributed by atoms with van der Waals surface area (Å²) < 4.78 is 11.5. The molecule has 4 nitrogen and oxygen atoms in total. The number of hydrogen-bond donors (Lipinski definition) is 2. The molecule has 2 aliphatic rings. The van der Waals surface area contributed by atoms with Crippen molar-refractivity contribution in [2.75, 3.05) is 0 Å². The molecule has 0 aromatic carbocycles. The largest absolute Gasteiger partial charge is 0.392 e. The molecular weight excluding hydrogens is 220 g/mol. The van der Waals surface area contributed by atoms with E-state index in [0.29, 0.717) is 6.42 Å². The van der Waals surface area contributed by atoms with Gasteiger partial charge < -0.3 is 19.7 Å². The maximum atomic E-state index is 10.3. The molecule has 1 aliphatic heterocycles. The van der Waals surface area contributed by atoms with Gasteiger partial charge in [-0.15, -0.1) is 0 Å². The zero-order valence-corrected chi connectivity index (χ0v) is 11.0. The monoisotopic (exact) mass is 244 g/mol. The number of hydrogen-bond acceptors (Lipinski definition) is 4. The summed E-state index contributed by atoms with van der Waals surface area (Å²) in [5.74, 6) is -2.39. The third-order valence-corrected chi connectivity index (χ3v) is 3.69. The lowest BCUT2D eigenvalue weighted by Crippen LogP contribution is -2.58. The third-order valence-electron chi connectivity index (χ3n) is 3.69. The van der Waals surface area contributed by atoms with E-state index >= 15 is 0 Å². The van der Waals surface area contributed by atoms with Crippen LogP contribution in [0, 0.1) is 5.92 Å². The average molecular weight is 244 g/mol. The second-order valence-electron chi connectivity index (χ2n) is 5.77. The van der Waals surface area contributed by atoms with Crippen LogP contribution in [0.5, 0.6) is 0 Å². The third kappa shape index (κ3) is 2.99. The molecule has 4 unspecified atom stereocenters. The normalized spacial score (nSPS) is 47.1. The molecule has 0 bridgehead atoms. The van der Waals surface area contributed by atoms with E-state index in [2.05, 4.69) is 0 Å². The Hall–Kier alpha value is -0.160. The topological polar surface area (TPSA) is 58.9 Å². The van der Waals surface area contributed by atoms with Crippen LogP contribution in [0.4, 0.5) is 0 Å². The molecule has 2 rings (SSSR count). The Balaban J connectivity index is 2.06. The Morgan fingerprint density at radius 2 is 2.00 bits per heavy atom. The lowest BCUT2D eigenvalue weighted by atomic mass is 9.83. The highest BCUT2D eigenvalue weighted by atomic mass is 16.8. The molecule has 0 radical (unpaired) electrons. The van der Waals surface area contributed by atoms with Crippen LogP contribution in [-0.2, 0) is 9.47 Å². The van der Waals surface area contributed by atoms with Gasteiger partial charge in [-0.2, -0.15) is 0 Å². The summed E-state index contributed by atoms with van der Waals surface area (Å²) in [6.45, 7) is 5.48. The fourth-order valence-electron chi connectivity index (χ4n) is 2.82. The molecule has 17 heavy (non-hydrogen) atoms. The highest BCUT2D eigenvalue weighted by Crippen LogP contribution is 2.43. The van der Waals surface area contributed by atoms with Gasteiger partial charge >= 0.3 is 0 Å². The van der Waals surface area contributed by atoms with Gasteiger partial charge in [0, 0.05) is 12.3 Å². The Labute approximate surface area is 103 Å². The minimum atomic E-state index is -1.31. The van der Waals surface area contributed by atoms with Crippen LogP contribution in [0.15, 0.2) is 0 Å². The predicted octanol–water partition coefficient (Wildman–Crippen LogP) is 1.79. The summed E-state index contributed by atoms with van der Waals surface area (Å²) in [5.41, 5.74) is 0. The van der Waals surface area contributed by atoms with Gasteiger partial charge in [-0.3, -0.25) is 0 Å². The van der Waals surface area contributed by atoms with Crippen LogP contribution in [0.1, 0.15) is 52.9 Å². The van der Waals surface area contributed by atoms with Crippen molar-refractivity contribution in [3.63, 3.8) is 0 Å². The van der Waals surface area contributed by atoms with E-state index in [4.69, 9.17) is 9.47 Å². The fraction of sp³-hybridized carbons (Fsp3) is 1.00. The number of ether oxygens (including phenoxy) is 2. The van der Waals surface area contributed by atoms with Crippen LogP contribution in [0.25, 0.3) is 0 Å². The quantitative estimate of drug-likeness (QED) is 0.791. The standard InChI is InChI=1S/C13H24O4/c1-4-5-10-11(14)8-12(2,16-9-6-7-9)17-13(10,3)15/h9-11,14-15H,4-8H2,1-3H3. The summed E-state index contributed by atoms with van der Waals surface area (Å²) in [5, 5.41) is 20.5. The molecule has 4 heteroatoms. The van der Waals surface area contributed by atoms with E-state index in [9.17, 15) is 10.2 Å². The molecule has 0 spiro atoms. The van der Waals surface area contributed by atoms with Gasteiger partial charge in [-0.25, -0.2) is 0 Å². The Morgan fingerprint density at radius 1 is 1.35 bits per heavy atom. The van der Waals surface area contributed by atoms with E-state index in [-0.39, 0.29) is 12.0 Å². The number of aliphatic hydroxyl groups is 2. The van der Waals surface area contributed by atoms with Crippen molar-refractivity contribution in [2.24, 2.45) is 5.92 Å². The van der Waals surface area contributed by atoms with Crippen LogP contribution in [-0.4, -0.2) is 34.0 Å². The van der Waals surface area contributed by atoms with E-state index < -0.39 is 17.7 Å². The summed E-state index contributed by atoms with van der Waals surface area (Å²) in [6.07, 6.45) is 3.89. The minimum Gasteiger partial charge on any atom is -0.392 e. The highest BCUT2D eigenvalue weighted by Gasteiger charge is 2.51. The zero-order valence-electron chi connectivity index (χ0n) is 11.0. The number of aliphatic hydroxyl groups excluding tert-OH is 1. The molecule has 2 fully saturated rings. The second-order valence-corrected chi connectivity index (χ2v) is 5.77. The van der Waals surface area contributed by atoms with Crippen molar-refractivity contribution in [2.45, 2.75) is 76.7 Å². The van der Waals surface area contributed by atoms with Gasteiger partial charge in [0.15, 0.2) is 11.6 Å². The molecule has 2 N–H and O–H groups in total. The molecule has 1 saturated heterocycles. The molecule has 1 heterocycles. The Morgan fingerprint density at radius 3 is 2.47 bits per heavy atom. The molecule has 0 aromatic heterocycles. The van der Waals surface area contributed by atoms with Crippen molar-refractivity contribution in [1.29, 1.82) is 0 Å². The molecule has 4 atom stereocenters. The lowest BCUT2D eigenvalue weighted by Gasteiger charge is -2.48.